The number of piperazine rings is 1. The second kappa shape index (κ2) is 9.41. The minimum atomic E-state index is -0.486. The van der Waals surface area contributed by atoms with Gasteiger partial charge >= 0.3 is 0 Å². The predicted octanol–water partition coefficient (Wildman–Crippen LogP) is 1.16. The zero-order valence-corrected chi connectivity index (χ0v) is 17.8. The number of likely N-dealkylation sites (tertiary alicyclic amines) is 1. The molecule has 29 heavy (non-hydrogen) atoms. The Kier molecular flexibility index (Phi) is 6.89. The van der Waals surface area contributed by atoms with Crippen molar-refractivity contribution in [3.05, 3.63) is 0 Å². The highest BCUT2D eigenvalue weighted by atomic mass is 16.3. The first kappa shape index (κ1) is 21.2. The second-order valence-corrected chi connectivity index (χ2v) is 9.61. The number of unbranched alkanes of at least 4 members (excludes halogenated alkanes) is 1. The lowest BCUT2D eigenvalue weighted by molar-refractivity contribution is -0.156. The SMILES string of the molecule is O=C1CC2(CCCC2O)CC(=O)N1CCCCN1CCN(C2CCCCN2)CC1. The average molecular weight is 407 g/mol. The Balaban J connectivity index is 1.14. The Morgan fingerprint density at radius 3 is 2.28 bits per heavy atom. The fourth-order valence-corrected chi connectivity index (χ4v) is 5.83. The van der Waals surface area contributed by atoms with Crippen molar-refractivity contribution in [1.29, 1.82) is 0 Å². The van der Waals surface area contributed by atoms with Crippen LogP contribution in [0.25, 0.3) is 0 Å². The summed E-state index contributed by atoms with van der Waals surface area (Å²) in [4.78, 5) is 31.7. The van der Waals surface area contributed by atoms with E-state index in [1.807, 2.05) is 0 Å². The molecule has 4 rings (SSSR count). The third-order valence-electron chi connectivity index (χ3n) is 7.71. The maximum absolute atomic E-state index is 12.6. The second-order valence-electron chi connectivity index (χ2n) is 9.61. The molecule has 7 heteroatoms. The Morgan fingerprint density at radius 2 is 1.66 bits per heavy atom. The molecule has 2 unspecified atom stereocenters. The number of aliphatic hydroxyl groups is 1. The fourth-order valence-electron chi connectivity index (χ4n) is 5.83. The minimum Gasteiger partial charge on any atom is -0.393 e. The molecule has 164 valence electrons. The van der Waals surface area contributed by atoms with Gasteiger partial charge in [-0.05, 0) is 58.0 Å². The summed E-state index contributed by atoms with van der Waals surface area (Å²) in [6.07, 6.45) is 9.04. The molecule has 2 amide bonds. The first-order valence-corrected chi connectivity index (χ1v) is 11.8. The van der Waals surface area contributed by atoms with Gasteiger partial charge in [-0.15, -0.1) is 0 Å². The molecule has 4 fully saturated rings. The molecule has 2 atom stereocenters. The van der Waals surface area contributed by atoms with Gasteiger partial charge in [0.05, 0.1) is 12.3 Å². The molecule has 7 nitrogen and oxygen atoms in total. The number of nitrogens with zero attached hydrogens (tertiary/aromatic N) is 3. The normalized spacial score (nSPS) is 31.7. The molecule has 3 heterocycles. The minimum absolute atomic E-state index is 0.0733. The van der Waals surface area contributed by atoms with Crippen LogP contribution in [0.5, 0.6) is 0 Å². The van der Waals surface area contributed by atoms with E-state index in [4.69, 9.17) is 0 Å². The van der Waals surface area contributed by atoms with Crippen molar-refractivity contribution in [3.8, 4) is 0 Å². The lowest BCUT2D eigenvalue weighted by Crippen LogP contribution is -2.56. The van der Waals surface area contributed by atoms with Crippen molar-refractivity contribution in [2.24, 2.45) is 5.41 Å². The van der Waals surface area contributed by atoms with Gasteiger partial charge in [0, 0.05) is 51.0 Å². The molecular formula is C22H38N4O3. The number of hydrogen-bond acceptors (Lipinski definition) is 6. The maximum atomic E-state index is 12.6. The molecule has 1 saturated carbocycles. The Morgan fingerprint density at radius 1 is 0.931 bits per heavy atom. The monoisotopic (exact) mass is 406 g/mol. The molecule has 0 aromatic carbocycles. The summed E-state index contributed by atoms with van der Waals surface area (Å²) in [6.45, 7) is 7.22. The summed E-state index contributed by atoms with van der Waals surface area (Å²) < 4.78 is 0. The molecule has 4 aliphatic rings. The molecule has 0 aromatic rings. The van der Waals surface area contributed by atoms with E-state index in [-0.39, 0.29) is 11.8 Å². The number of aliphatic hydroxyl groups excluding tert-OH is 1. The summed E-state index contributed by atoms with van der Waals surface area (Å²) in [7, 11) is 0. The smallest absolute Gasteiger partial charge is 0.229 e. The molecule has 3 saturated heterocycles. The highest BCUT2D eigenvalue weighted by Crippen LogP contribution is 2.47. The van der Waals surface area contributed by atoms with Gasteiger partial charge in [-0.3, -0.25) is 19.4 Å². The third kappa shape index (κ3) is 4.84. The van der Waals surface area contributed by atoms with Gasteiger partial charge in [0.1, 0.15) is 0 Å². The number of carbonyl (C=O) groups is 2. The third-order valence-corrected chi connectivity index (χ3v) is 7.71. The van der Waals surface area contributed by atoms with Crippen molar-refractivity contribution in [2.75, 3.05) is 45.8 Å². The molecule has 2 N–H and O–H groups in total. The molecule has 1 aliphatic carbocycles. The highest BCUT2D eigenvalue weighted by molar-refractivity contribution is 5.98. The maximum Gasteiger partial charge on any atom is 0.229 e. The first-order valence-electron chi connectivity index (χ1n) is 11.8. The zero-order valence-electron chi connectivity index (χ0n) is 17.8. The van der Waals surface area contributed by atoms with E-state index in [1.165, 1.54) is 24.2 Å². The number of nitrogens with one attached hydrogen (secondary N) is 1. The summed E-state index contributed by atoms with van der Waals surface area (Å²) >= 11 is 0. The van der Waals surface area contributed by atoms with Crippen molar-refractivity contribution in [2.45, 2.75) is 76.5 Å². The quantitative estimate of drug-likeness (QED) is 0.509. The lowest BCUT2D eigenvalue weighted by atomic mass is 9.74. The van der Waals surface area contributed by atoms with Crippen LogP contribution in [-0.2, 0) is 9.59 Å². The van der Waals surface area contributed by atoms with Crippen LogP contribution in [0.1, 0.15) is 64.2 Å². The summed E-state index contributed by atoms with van der Waals surface area (Å²) in [5, 5.41) is 13.9. The predicted molar refractivity (Wildman–Crippen MR) is 111 cm³/mol. The van der Waals surface area contributed by atoms with Gasteiger partial charge in [0.15, 0.2) is 0 Å². The Labute approximate surface area is 174 Å². The van der Waals surface area contributed by atoms with Crippen LogP contribution in [0, 0.1) is 5.41 Å². The average Bonchev–Trinajstić information content (AvgIpc) is 3.07. The molecule has 1 spiro atoms. The zero-order chi connectivity index (χ0) is 20.3. The van der Waals surface area contributed by atoms with Crippen molar-refractivity contribution < 1.29 is 14.7 Å². The van der Waals surface area contributed by atoms with Crippen LogP contribution in [-0.4, -0.2) is 89.7 Å². The number of rotatable bonds is 6. The molecule has 0 bridgehead atoms. The van der Waals surface area contributed by atoms with Crippen LogP contribution in [0.2, 0.25) is 0 Å². The van der Waals surface area contributed by atoms with E-state index in [1.54, 1.807) is 0 Å². The number of piperidine rings is 2. The van der Waals surface area contributed by atoms with E-state index in [2.05, 4.69) is 15.1 Å². The van der Waals surface area contributed by atoms with Gasteiger partial charge in [-0.2, -0.15) is 0 Å². The molecule has 0 radical (unpaired) electrons. The molecule has 3 aliphatic heterocycles. The topological polar surface area (TPSA) is 76.1 Å². The van der Waals surface area contributed by atoms with Crippen LogP contribution in [0.3, 0.4) is 0 Å². The highest BCUT2D eigenvalue weighted by Gasteiger charge is 2.50. The number of imide groups is 1. The van der Waals surface area contributed by atoms with Gasteiger partial charge in [-0.25, -0.2) is 0 Å². The Bertz CT molecular complexity index is 567. The standard InChI is InChI=1S/C22H38N4O3/c27-18-6-5-8-22(18)16-20(28)26(21(29)17-22)11-4-3-10-24-12-14-25(15-13-24)19-7-1-2-9-23-19/h18-19,23,27H,1-17H2. The number of hydrogen-bond donors (Lipinski definition) is 2. The van der Waals surface area contributed by atoms with Gasteiger partial charge in [0.25, 0.3) is 0 Å². The number of carbonyl (C=O) groups excluding carboxylic acids is 2. The van der Waals surface area contributed by atoms with Gasteiger partial charge in [-0.1, -0.05) is 6.42 Å². The fraction of sp³-hybridized carbons (Fsp3) is 0.909. The van der Waals surface area contributed by atoms with E-state index in [0.29, 0.717) is 25.6 Å². The van der Waals surface area contributed by atoms with E-state index in [9.17, 15) is 14.7 Å². The largest absolute Gasteiger partial charge is 0.393 e. The van der Waals surface area contributed by atoms with Gasteiger partial charge in [0.2, 0.25) is 11.8 Å². The summed E-state index contributed by atoms with van der Waals surface area (Å²) in [5.74, 6) is -0.147. The molecule has 0 aromatic heterocycles. The van der Waals surface area contributed by atoms with Crippen LogP contribution >= 0.6 is 0 Å². The Hall–Kier alpha value is -1.02. The number of amides is 2. The van der Waals surface area contributed by atoms with Crippen LogP contribution in [0.15, 0.2) is 0 Å². The van der Waals surface area contributed by atoms with Crippen molar-refractivity contribution in [3.63, 3.8) is 0 Å². The van der Waals surface area contributed by atoms with Crippen molar-refractivity contribution in [1.82, 2.24) is 20.0 Å². The summed E-state index contributed by atoms with van der Waals surface area (Å²) in [6, 6.07) is 0. The first-order chi connectivity index (χ1) is 14.1. The van der Waals surface area contributed by atoms with E-state index < -0.39 is 11.5 Å². The van der Waals surface area contributed by atoms with E-state index >= 15 is 0 Å². The lowest BCUT2D eigenvalue weighted by Gasteiger charge is -2.41. The van der Waals surface area contributed by atoms with Crippen molar-refractivity contribution >= 4 is 11.8 Å². The van der Waals surface area contributed by atoms with Crippen LogP contribution < -0.4 is 5.32 Å². The van der Waals surface area contributed by atoms with Crippen LogP contribution in [0.4, 0.5) is 0 Å². The summed E-state index contributed by atoms with van der Waals surface area (Å²) in [5.41, 5.74) is -0.461. The van der Waals surface area contributed by atoms with Gasteiger partial charge < -0.3 is 15.3 Å². The molecular weight excluding hydrogens is 368 g/mol. The van der Waals surface area contributed by atoms with E-state index in [0.717, 1.165) is 71.4 Å².